The van der Waals surface area contributed by atoms with E-state index in [4.69, 9.17) is 5.73 Å². The maximum Gasteiger partial charge on any atom is 0.328 e. The Kier molecular flexibility index (Phi) is 5.81. The molecule has 0 radical (unpaired) electrons. The minimum Gasteiger partial charge on any atom is -0.368 e. The molecule has 26 heavy (non-hydrogen) atoms. The first-order valence-electron chi connectivity index (χ1n) is 9.59. The van der Waals surface area contributed by atoms with Crippen molar-refractivity contribution in [3.63, 3.8) is 0 Å². The molecule has 3 aliphatic heterocycles. The van der Waals surface area contributed by atoms with E-state index in [0.29, 0.717) is 31.3 Å². The van der Waals surface area contributed by atoms with Gasteiger partial charge in [0.2, 0.25) is 5.91 Å². The van der Waals surface area contributed by atoms with E-state index in [9.17, 15) is 14.4 Å². The van der Waals surface area contributed by atoms with Crippen molar-refractivity contribution in [2.75, 3.05) is 37.7 Å². The highest BCUT2D eigenvalue weighted by molar-refractivity contribution is 7.99. The van der Waals surface area contributed by atoms with E-state index in [1.807, 2.05) is 11.8 Å². The number of rotatable bonds is 6. The maximum absolute atomic E-state index is 13.1. The Balaban J connectivity index is 1.78. The Hall–Kier alpha value is -1.28. The van der Waals surface area contributed by atoms with Gasteiger partial charge in [-0.25, -0.2) is 4.79 Å². The van der Waals surface area contributed by atoms with Gasteiger partial charge in [-0.1, -0.05) is 13.8 Å². The Morgan fingerprint density at radius 1 is 1.31 bits per heavy atom. The topological polar surface area (TPSA) is 87.0 Å². The lowest BCUT2D eigenvalue weighted by Crippen LogP contribution is -2.58. The Morgan fingerprint density at radius 3 is 2.54 bits per heavy atom. The summed E-state index contributed by atoms with van der Waals surface area (Å²) in [6.07, 6.45) is 3.34. The monoisotopic (exact) mass is 382 g/mol. The SMILES string of the molecule is CC(C)CCN1C(=O)N(CC(N)=O)C(=O)C12CCN([C@H]1CCSC1)CC2. The van der Waals surface area contributed by atoms with Crippen molar-refractivity contribution >= 4 is 29.6 Å². The van der Waals surface area contributed by atoms with E-state index in [1.165, 1.54) is 12.2 Å². The molecule has 0 unspecified atom stereocenters. The Bertz CT molecular complexity index is 569. The van der Waals surface area contributed by atoms with Crippen LogP contribution in [0.15, 0.2) is 0 Å². The number of hydrogen-bond acceptors (Lipinski definition) is 5. The summed E-state index contributed by atoms with van der Waals surface area (Å²) in [4.78, 5) is 42.7. The third kappa shape index (κ3) is 3.58. The predicted molar refractivity (Wildman–Crippen MR) is 102 cm³/mol. The number of urea groups is 1. The number of carbonyl (C=O) groups excluding carboxylic acids is 3. The third-order valence-corrected chi connectivity index (χ3v) is 7.06. The fourth-order valence-corrected chi connectivity index (χ4v) is 5.58. The van der Waals surface area contributed by atoms with Gasteiger partial charge in [-0.3, -0.25) is 19.4 Å². The predicted octanol–water partition coefficient (Wildman–Crippen LogP) is 1.12. The number of carbonyl (C=O) groups is 3. The summed E-state index contributed by atoms with van der Waals surface area (Å²) >= 11 is 1.99. The molecule has 2 N–H and O–H groups in total. The van der Waals surface area contributed by atoms with Crippen molar-refractivity contribution in [2.24, 2.45) is 11.7 Å². The number of nitrogens with zero attached hydrogens (tertiary/aromatic N) is 3. The molecule has 3 saturated heterocycles. The lowest BCUT2D eigenvalue weighted by atomic mass is 9.85. The van der Waals surface area contributed by atoms with Gasteiger partial charge >= 0.3 is 6.03 Å². The van der Waals surface area contributed by atoms with Crippen molar-refractivity contribution in [2.45, 2.75) is 51.1 Å². The highest BCUT2D eigenvalue weighted by Gasteiger charge is 2.58. The van der Waals surface area contributed by atoms with Crippen molar-refractivity contribution in [3.8, 4) is 0 Å². The highest BCUT2D eigenvalue weighted by atomic mass is 32.2. The maximum atomic E-state index is 13.1. The van der Waals surface area contributed by atoms with Crippen LogP contribution in [0.5, 0.6) is 0 Å². The second-order valence-corrected chi connectivity index (χ2v) is 9.21. The molecule has 1 atom stereocenters. The quantitative estimate of drug-likeness (QED) is 0.696. The van der Waals surface area contributed by atoms with Crippen LogP contribution in [0.2, 0.25) is 0 Å². The fourth-order valence-electron chi connectivity index (χ4n) is 4.33. The molecule has 0 bridgehead atoms. The van der Waals surface area contributed by atoms with Gasteiger partial charge in [0.1, 0.15) is 12.1 Å². The average Bonchev–Trinajstić information content (AvgIpc) is 3.18. The van der Waals surface area contributed by atoms with Crippen LogP contribution in [0, 0.1) is 5.92 Å². The fraction of sp³-hybridized carbons (Fsp3) is 0.833. The lowest BCUT2D eigenvalue weighted by molar-refractivity contribution is -0.138. The molecule has 0 saturated carbocycles. The van der Waals surface area contributed by atoms with Gasteiger partial charge in [0.15, 0.2) is 0 Å². The van der Waals surface area contributed by atoms with Crippen LogP contribution >= 0.6 is 11.8 Å². The van der Waals surface area contributed by atoms with Crippen LogP contribution in [0.3, 0.4) is 0 Å². The number of thioether (sulfide) groups is 1. The number of amides is 4. The van der Waals surface area contributed by atoms with Crippen molar-refractivity contribution in [3.05, 3.63) is 0 Å². The first-order valence-corrected chi connectivity index (χ1v) is 10.7. The number of primary amides is 1. The second kappa shape index (κ2) is 7.76. The molecule has 3 heterocycles. The van der Waals surface area contributed by atoms with Crippen LogP contribution in [0.4, 0.5) is 4.79 Å². The normalized spacial score (nSPS) is 26.5. The van der Waals surface area contributed by atoms with Gasteiger partial charge in [0.25, 0.3) is 5.91 Å². The molecular weight excluding hydrogens is 352 g/mol. The molecule has 8 heteroatoms. The minimum absolute atomic E-state index is 0.231. The number of nitrogens with two attached hydrogens (primary N) is 1. The lowest BCUT2D eigenvalue weighted by Gasteiger charge is -2.44. The highest BCUT2D eigenvalue weighted by Crippen LogP contribution is 2.39. The van der Waals surface area contributed by atoms with Gasteiger partial charge < -0.3 is 10.6 Å². The van der Waals surface area contributed by atoms with E-state index >= 15 is 0 Å². The van der Waals surface area contributed by atoms with E-state index in [-0.39, 0.29) is 18.5 Å². The molecule has 0 aromatic carbocycles. The summed E-state index contributed by atoms with van der Waals surface area (Å²) in [5.74, 6) is 1.93. The smallest absolute Gasteiger partial charge is 0.328 e. The van der Waals surface area contributed by atoms with Crippen LogP contribution < -0.4 is 5.73 Å². The number of piperidine rings is 1. The zero-order chi connectivity index (χ0) is 18.9. The van der Waals surface area contributed by atoms with Gasteiger partial charge in [-0.05, 0) is 37.4 Å². The third-order valence-electron chi connectivity index (χ3n) is 5.91. The standard InChI is InChI=1S/C18H30N4O3S/c1-13(2)3-7-22-17(25)21(11-15(19)23)16(24)18(22)5-8-20(9-6-18)14-4-10-26-12-14/h13-14H,3-12H2,1-2H3,(H2,19,23)/t14-/m0/s1. The summed E-state index contributed by atoms with van der Waals surface area (Å²) in [6.45, 7) is 6.10. The molecule has 0 aromatic rings. The molecule has 0 aliphatic carbocycles. The van der Waals surface area contributed by atoms with E-state index in [1.54, 1.807) is 4.90 Å². The molecule has 3 rings (SSSR count). The molecule has 3 fully saturated rings. The first-order chi connectivity index (χ1) is 12.3. The summed E-state index contributed by atoms with van der Waals surface area (Å²) in [5, 5.41) is 0. The summed E-state index contributed by atoms with van der Waals surface area (Å²) in [5.41, 5.74) is 4.48. The summed E-state index contributed by atoms with van der Waals surface area (Å²) < 4.78 is 0. The molecule has 7 nitrogen and oxygen atoms in total. The summed E-state index contributed by atoms with van der Waals surface area (Å²) in [6, 6.07) is 0.245. The van der Waals surface area contributed by atoms with Crippen LogP contribution in [-0.4, -0.2) is 81.8 Å². The van der Waals surface area contributed by atoms with Crippen LogP contribution in [0.1, 0.15) is 39.5 Å². The van der Waals surface area contributed by atoms with E-state index < -0.39 is 11.4 Å². The molecule has 4 amide bonds. The van der Waals surface area contributed by atoms with Crippen molar-refractivity contribution < 1.29 is 14.4 Å². The number of imide groups is 1. The largest absolute Gasteiger partial charge is 0.368 e. The van der Waals surface area contributed by atoms with Crippen LogP contribution in [-0.2, 0) is 9.59 Å². The zero-order valence-corrected chi connectivity index (χ0v) is 16.6. The number of hydrogen-bond donors (Lipinski definition) is 1. The van der Waals surface area contributed by atoms with Crippen LogP contribution in [0.25, 0.3) is 0 Å². The van der Waals surface area contributed by atoms with Gasteiger partial charge in [0.05, 0.1) is 0 Å². The van der Waals surface area contributed by atoms with Crippen molar-refractivity contribution in [1.82, 2.24) is 14.7 Å². The van der Waals surface area contributed by atoms with Crippen molar-refractivity contribution in [1.29, 1.82) is 0 Å². The number of likely N-dealkylation sites (tertiary alicyclic amines) is 1. The molecular formula is C18H30N4O3S. The zero-order valence-electron chi connectivity index (χ0n) is 15.8. The van der Waals surface area contributed by atoms with E-state index in [0.717, 1.165) is 30.2 Å². The van der Waals surface area contributed by atoms with Gasteiger partial charge in [-0.2, -0.15) is 11.8 Å². The van der Waals surface area contributed by atoms with Gasteiger partial charge in [-0.15, -0.1) is 0 Å². The minimum atomic E-state index is -0.788. The first kappa shape index (κ1) is 19.5. The summed E-state index contributed by atoms with van der Waals surface area (Å²) in [7, 11) is 0. The van der Waals surface area contributed by atoms with E-state index in [2.05, 4.69) is 18.7 Å². The molecule has 3 aliphatic rings. The Labute approximate surface area is 159 Å². The molecule has 1 spiro atoms. The molecule has 146 valence electrons. The van der Waals surface area contributed by atoms with Gasteiger partial charge in [0, 0.05) is 31.4 Å². The second-order valence-electron chi connectivity index (χ2n) is 8.06. The average molecular weight is 383 g/mol. The Morgan fingerprint density at radius 2 is 2.00 bits per heavy atom. The molecule has 0 aromatic heterocycles.